The highest BCUT2D eigenvalue weighted by atomic mass is 32.2. The fourth-order valence-corrected chi connectivity index (χ4v) is 3.56. The van der Waals surface area contributed by atoms with Crippen molar-refractivity contribution in [1.29, 1.82) is 0 Å². The Morgan fingerprint density at radius 1 is 0.565 bits per heavy atom. The van der Waals surface area contributed by atoms with Crippen molar-refractivity contribution in [1.82, 2.24) is 0 Å². The van der Waals surface area contributed by atoms with E-state index in [4.69, 9.17) is 0 Å². The molecule has 0 aromatic heterocycles. The molecule has 0 heterocycles. The SMILES string of the molecule is O=C(c1ccccc1)c1ccc(S(=O)(=O)c2ccccc2)cc1. The summed E-state index contributed by atoms with van der Waals surface area (Å²) in [5.74, 6) is -0.130. The molecule has 0 aliphatic heterocycles. The Morgan fingerprint density at radius 3 is 1.57 bits per heavy atom. The van der Waals surface area contributed by atoms with E-state index in [1.54, 1.807) is 66.7 Å². The molecular formula is C19H14O3S. The number of carbonyl (C=O) groups excluding carboxylic acids is 1. The Kier molecular flexibility index (Phi) is 4.08. The molecule has 3 rings (SSSR count). The number of hydrogen-bond acceptors (Lipinski definition) is 3. The number of carbonyl (C=O) groups is 1. The lowest BCUT2D eigenvalue weighted by molar-refractivity contribution is 0.103. The van der Waals surface area contributed by atoms with Crippen LogP contribution in [-0.4, -0.2) is 14.2 Å². The van der Waals surface area contributed by atoms with Crippen LogP contribution in [0.3, 0.4) is 0 Å². The van der Waals surface area contributed by atoms with Crippen molar-refractivity contribution in [3.63, 3.8) is 0 Å². The lowest BCUT2D eigenvalue weighted by atomic mass is 10.0. The second-order valence-electron chi connectivity index (χ2n) is 5.04. The predicted molar refractivity (Wildman–Crippen MR) is 88.2 cm³/mol. The second-order valence-corrected chi connectivity index (χ2v) is 6.99. The van der Waals surface area contributed by atoms with Crippen LogP contribution in [0.5, 0.6) is 0 Å². The smallest absolute Gasteiger partial charge is 0.206 e. The summed E-state index contributed by atoms with van der Waals surface area (Å²) in [4.78, 5) is 12.7. The van der Waals surface area contributed by atoms with Crippen molar-refractivity contribution in [2.75, 3.05) is 0 Å². The van der Waals surface area contributed by atoms with E-state index in [0.29, 0.717) is 11.1 Å². The quantitative estimate of drug-likeness (QED) is 0.687. The van der Waals surface area contributed by atoms with Crippen LogP contribution in [0.4, 0.5) is 0 Å². The minimum atomic E-state index is -3.56. The largest absolute Gasteiger partial charge is 0.289 e. The Hall–Kier alpha value is -2.72. The number of rotatable bonds is 4. The number of sulfone groups is 1. The molecule has 0 amide bonds. The monoisotopic (exact) mass is 322 g/mol. The lowest BCUT2D eigenvalue weighted by Gasteiger charge is -2.06. The van der Waals surface area contributed by atoms with Gasteiger partial charge < -0.3 is 0 Å². The van der Waals surface area contributed by atoms with Gasteiger partial charge in [0.1, 0.15) is 0 Å². The van der Waals surface area contributed by atoms with Crippen LogP contribution < -0.4 is 0 Å². The Balaban J connectivity index is 1.93. The zero-order valence-electron chi connectivity index (χ0n) is 12.2. The van der Waals surface area contributed by atoms with E-state index in [0.717, 1.165) is 0 Å². The third-order valence-corrected chi connectivity index (χ3v) is 5.30. The molecule has 0 atom stereocenters. The topological polar surface area (TPSA) is 51.2 Å². The molecule has 0 radical (unpaired) electrons. The van der Waals surface area contributed by atoms with Gasteiger partial charge in [0.15, 0.2) is 5.78 Å². The average molecular weight is 322 g/mol. The summed E-state index contributed by atoms with van der Waals surface area (Å²) in [5, 5.41) is 0. The summed E-state index contributed by atoms with van der Waals surface area (Å²) in [6.45, 7) is 0. The van der Waals surface area contributed by atoms with Gasteiger partial charge in [0, 0.05) is 11.1 Å². The van der Waals surface area contributed by atoms with Gasteiger partial charge in [-0.3, -0.25) is 4.79 Å². The van der Waals surface area contributed by atoms with Gasteiger partial charge in [-0.05, 0) is 36.4 Å². The average Bonchev–Trinajstić information content (AvgIpc) is 2.63. The van der Waals surface area contributed by atoms with E-state index < -0.39 is 9.84 Å². The normalized spacial score (nSPS) is 11.1. The minimum Gasteiger partial charge on any atom is -0.289 e. The second kappa shape index (κ2) is 6.18. The van der Waals surface area contributed by atoms with Crippen molar-refractivity contribution in [3.8, 4) is 0 Å². The third-order valence-electron chi connectivity index (χ3n) is 3.52. The molecule has 23 heavy (non-hydrogen) atoms. The van der Waals surface area contributed by atoms with Gasteiger partial charge in [-0.2, -0.15) is 0 Å². The summed E-state index contributed by atoms with van der Waals surface area (Å²) in [5.41, 5.74) is 1.04. The van der Waals surface area contributed by atoms with Gasteiger partial charge in [-0.15, -0.1) is 0 Å². The molecule has 0 bridgehead atoms. The van der Waals surface area contributed by atoms with Gasteiger partial charge in [0.2, 0.25) is 9.84 Å². The van der Waals surface area contributed by atoms with Crippen LogP contribution in [0.25, 0.3) is 0 Å². The fourth-order valence-electron chi connectivity index (χ4n) is 2.28. The summed E-state index contributed by atoms with van der Waals surface area (Å²) < 4.78 is 25.0. The van der Waals surface area contributed by atoms with Crippen LogP contribution >= 0.6 is 0 Å². The van der Waals surface area contributed by atoms with E-state index >= 15 is 0 Å². The molecule has 4 heteroatoms. The molecular weight excluding hydrogens is 308 g/mol. The number of hydrogen-bond donors (Lipinski definition) is 0. The Labute approximate surface area is 135 Å². The molecule has 0 unspecified atom stereocenters. The molecule has 3 aromatic carbocycles. The van der Waals surface area contributed by atoms with Crippen molar-refractivity contribution >= 4 is 15.6 Å². The molecule has 0 aliphatic carbocycles. The lowest BCUT2D eigenvalue weighted by Crippen LogP contribution is -2.04. The predicted octanol–water partition coefficient (Wildman–Crippen LogP) is 3.75. The molecule has 0 saturated heterocycles. The van der Waals surface area contributed by atoms with Gasteiger partial charge >= 0.3 is 0 Å². The maximum Gasteiger partial charge on any atom is 0.206 e. The molecule has 3 nitrogen and oxygen atoms in total. The van der Waals surface area contributed by atoms with E-state index in [1.165, 1.54) is 12.1 Å². The summed E-state index contributed by atoms with van der Waals surface area (Å²) in [7, 11) is -3.56. The molecule has 0 spiro atoms. The molecule has 3 aromatic rings. The van der Waals surface area contributed by atoms with Crippen LogP contribution in [-0.2, 0) is 9.84 Å². The molecule has 0 N–H and O–H groups in total. The first kappa shape index (κ1) is 15.2. The summed E-state index contributed by atoms with van der Waals surface area (Å²) in [6, 6.07) is 23.2. The van der Waals surface area contributed by atoms with E-state index in [2.05, 4.69) is 0 Å². The zero-order chi connectivity index (χ0) is 16.3. The van der Waals surface area contributed by atoms with Gasteiger partial charge in [-0.1, -0.05) is 48.5 Å². The first-order chi connectivity index (χ1) is 11.1. The first-order valence-corrected chi connectivity index (χ1v) is 8.57. The van der Waals surface area contributed by atoms with E-state index in [9.17, 15) is 13.2 Å². The van der Waals surface area contributed by atoms with E-state index in [1.807, 2.05) is 6.07 Å². The van der Waals surface area contributed by atoms with Crippen LogP contribution in [0.15, 0.2) is 94.7 Å². The Bertz CT molecular complexity index is 913. The van der Waals surface area contributed by atoms with Crippen LogP contribution in [0, 0.1) is 0 Å². The maximum atomic E-state index is 12.5. The van der Waals surface area contributed by atoms with Gasteiger partial charge in [0.25, 0.3) is 0 Å². The highest BCUT2D eigenvalue weighted by Gasteiger charge is 2.17. The van der Waals surface area contributed by atoms with Crippen molar-refractivity contribution in [2.45, 2.75) is 9.79 Å². The maximum absolute atomic E-state index is 12.5. The zero-order valence-corrected chi connectivity index (χ0v) is 13.0. The van der Waals surface area contributed by atoms with E-state index in [-0.39, 0.29) is 15.6 Å². The van der Waals surface area contributed by atoms with Crippen LogP contribution in [0.2, 0.25) is 0 Å². The summed E-state index contributed by atoms with van der Waals surface area (Å²) >= 11 is 0. The standard InChI is InChI=1S/C19H14O3S/c20-19(15-7-3-1-4-8-15)16-11-13-18(14-12-16)23(21,22)17-9-5-2-6-10-17/h1-14H. The number of benzene rings is 3. The summed E-state index contributed by atoms with van der Waals surface area (Å²) in [6.07, 6.45) is 0. The Morgan fingerprint density at radius 2 is 1.00 bits per heavy atom. The van der Waals surface area contributed by atoms with Gasteiger partial charge in [-0.25, -0.2) is 8.42 Å². The third kappa shape index (κ3) is 3.07. The number of ketones is 1. The van der Waals surface area contributed by atoms with Crippen molar-refractivity contribution < 1.29 is 13.2 Å². The highest BCUT2D eigenvalue weighted by molar-refractivity contribution is 7.91. The van der Waals surface area contributed by atoms with Crippen molar-refractivity contribution in [3.05, 3.63) is 96.1 Å². The van der Waals surface area contributed by atoms with Crippen molar-refractivity contribution in [2.24, 2.45) is 0 Å². The fraction of sp³-hybridized carbons (Fsp3) is 0. The molecule has 0 aliphatic rings. The highest BCUT2D eigenvalue weighted by Crippen LogP contribution is 2.21. The molecule has 114 valence electrons. The molecule has 0 fully saturated rings. The van der Waals surface area contributed by atoms with Gasteiger partial charge in [0.05, 0.1) is 9.79 Å². The molecule has 0 saturated carbocycles. The van der Waals surface area contributed by atoms with Crippen LogP contribution in [0.1, 0.15) is 15.9 Å². The minimum absolute atomic E-state index is 0.130. The first-order valence-electron chi connectivity index (χ1n) is 7.09.